The third-order valence-electron chi connectivity index (χ3n) is 2.57. The molecule has 0 fully saturated rings. The molecule has 8 heteroatoms. The largest absolute Gasteiger partial charge is 0.290 e. The van der Waals surface area contributed by atoms with Crippen LogP contribution >= 0.6 is 21.6 Å². The summed E-state index contributed by atoms with van der Waals surface area (Å²) >= 11 is 0. The Bertz CT molecular complexity index is 664. The molecule has 0 unspecified atom stereocenters. The van der Waals surface area contributed by atoms with Gasteiger partial charge in [-0.15, -0.1) is 0 Å². The molecule has 21 heavy (non-hydrogen) atoms. The van der Waals surface area contributed by atoms with Gasteiger partial charge < -0.3 is 0 Å². The number of nitro benzene ring substituents is 2. The van der Waals surface area contributed by atoms with E-state index in [1.54, 1.807) is 0 Å². The molecule has 0 atom stereocenters. The van der Waals surface area contributed by atoms with Crippen LogP contribution in [-0.4, -0.2) is 9.85 Å². The maximum atomic E-state index is 11.0. The first-order valence-corrected chi connectivity index (χ1v) is 8.16. The van der Waals surface area contributed by atoms with Gasteiger partial charge in [-0.3, -0.25) is 20.2 Å². The summed E-state index contributed by atoms with van der Waals surface area (Å²) in [5.41, 5.74) is 0.591. The summed E-state index contributed by atoms with van der Waals surface area (Å²) in [7, 11) is 2.69. The molecule has 0 spiro atoms. The predicted molar refractivity (Wildman–Crippen MR) is 83.3 cm³/mol. The van der Waals surface area contributed by atoms with E-state index in [0.29, 0.717) is 10.6 Å². The molecule has 2 aromatic carbocycles. The van der Waals surface area contributed by atoms with Crippen LogP contribution in [-0.2, 0) is 5.75 Å². The third-order valence-corrected chi connectivity index (χ3v) is 4.91. The standard InChI is InChI=1S/C13H10N2O4S2/c16-14(17)11-6-7-13(12(8-11)15(18)19)21-20-9-10-4-2-1-3-5-10/h1-8H,9H2. The van der Waals surface area contributed by atoms with Crippen molar-refractivity contribution in [1.82, 2.24) is 0 Å². The monoisotopic (exact) mass is 322 g/mol. The highest BCUT2D eigenvalue weighted by Gasteiger charge is 2.19. The van der Waals surface area contributed by atoms with Crippen LogP contribution < -0.4 is 0 Å². The number of non-ortho nitro benzene ring substituents is 1. The minimum Gasteiger partial charge on any atom is -0.258 e. The van der Waals surface area contributed by atoms with Crippen LogP contribution in [0.1, 0.15) is 5.56 Å². The highest BCUT2D eigenvalue weighted by Crippen LogP contribution is 2.40. The molecule has 0 saturated carbocycles. The Kier molecular flexibility index (Phi) is 5.18. The SMILES string of the molecule is O=[N+]([O-])c1ccc(SSCc2ccccc2)c([N+](=O)[O-])c1. The second kappa shape index (κ2) is 7.09. The first kappa shape index (κ1) is 15.3. The van der Waals surface area contributed by atoms with Crippen molar-refractivity contribution < 1.29 is 9.85 Å². The number of nitrogens with zero attached hydrogens (tertiary/aromatic N) is 2. The van der Waals surface area contributed by atoms with Gasteiger partial charge in [-0.25, -0.2) is 0 Å². The van der Waals surface area contributed by atoms with Gasteiger partial charge in [0.25, 0.3) is 11.4 Å². The molecule has 6 nitrogen and oxygen atoms in total. The van der Waals surface area contributed by atoms with E-state index in [4.69, 9.17) is 0 Å². The van der Waals surface area contributed by atoms with Crippen LogP contribution in [0.15, 0.2) is 53.4 Å². The lowest BCUT2D eigenvalue weighted by Crippen LogP contribution is -1.94. The van der Waals surface area contributed by atoms with E-state index in [9.17, 15) is 20.2 Å². The third kappa shape index (κ3) is 4.20. The lowest BCUT2D eigenvalue weighted by atomic mass is 10.2. The lowest BCUT2D eigenvalue weighted by Gasteiger charge is -2.03. The van der Waals surface area contributed by atoms with Crippen molar-refractivity contribution in [3.63, 3.8) is 0 Å². The van der Waals surface area contributed by atoms with Gasteiger partial charge >= 0.3 is 0 Å². The normalized spacial score (nSPS) is 10.3. The predicted octanol–water partition coefficient (Wildman–Crippen LogP) is 4.44. The lowest BCUT2D eigenvalue weighted by molar-refractivity contribution is -0.396. The van der Waals surface area contributed by atoms with Crippen molar-refractivity contribution in [1.29, 1.82) is 0 Å². The minimum absolute atomic E-state index is 0.241. The van der Waals surface area contributed by atoms with Gasteiger partial charge in [-0.05, 0) is 11.6 Å². The van der Waals surface area contributed by atoms with Gasteiger partial charge in [-0.2, -0.15) is 0 Å². The van der Waals surface area contributed by atoms with Crippen molar-refractivity contribution in [2.24, 2.45) is 0 Å². The molecule has 0 aromatic heterocycles. The maximum Gasteiger partial charge on any atom is 0.290 e. The molecule has 0 aliphatic rings. The molecule has 2 aromatic rings. The number of benzene rings is 2. The Labute approximate surface area is 128 Å². The zero-order chi connectivity index (χ0) is 15.2. The van der Waals surface area contributed by atoms with E-state index >= 15 is 0 Å². The van der Waals surface area contributed by atoms with Crippen molar-refractivity contribution in [2.45, 2.75) is 10.6 Å². The van der Waals surface area contributed by atoms with Crippen LogP contribution in [0, 0.1) is 20.2 Å². The second-order valence-electron chi connectivity index (χ2n) is 4.00. The van der Waals surface area contributed by atoms with Crippen molar-refractivity contribution in [3.8, 4) is 0 Å². The average molecular weight is 322 g/mol. The second-order valence-corrected chi connectivity index (χ2v) is 6.34. The average Bonchev–Trinajstić information content (AvgIpc) is 2.48. The van der Waals surface area contributed by atoms with Crippen LogP contribution in [0.4, 0.5) is 11.4 Å². The summed E-state index contributed by atoms with van der Waals surface area (Å²) in [5.74, 6) is 0.694. The van der Waals surface area contributed by atoms with Gasteiger partial charge in [0.05, 0.1) is 20.8 Å². The number of hydrogen-bond donors (Lipinski definition) is 0. The van der Waals surface area contributed by atoms with E-state index < -0.39 is 9.85 Å². The Hall–Kier alpha value is -2.06. The van der Waals surface area contributed by atoms with Crippen LogP contribution in [0.3, 0.4) is 0 Å². The summed E-state index contributed by atoms with van der Waals surface area (Å²) in [6, 6.07) is 13.4. The maximum absolute atomic E-state index is 11.0. The first-order valence-electron chi connectivity index (χ1n) is 5.84. The molecular weight excluding hydrogens is 312 g/mol. The zero-order valence-corrected chi connectivity index (χ0v) is 12.3. The number of rotatable bonds is 6. The van der Waals surface area contributed by atoms with Crippen LogP contribution in [0.5, 0.6) is 0 Å². The van der Waals surface area contributed by atoms with Gasteiger partial charge in [0, 0.05) is 11.8 Å². The van der Waals surface area contributed by atoms with Gasteiger partial charge in [0.1, 0.15) is 0 Å². The van der Waals surface area contributed by atoms with Crippen LogP contribution in [0.25, 0.3) is 0 Å². The highest BCUT2D eigenvalue weighted by atomic mass is 33.1. The minimum atomic E-state index is -0.640. The summed E-state index contributed by atoms with van der Waals surface area (Å²) in [5, 5.41) is 21.6. The van der Waals surface area contributed by atoms with E-state index in [2.05, 4.69) is 0 Å². The molecule has 0 aliphatic heterocycles. The molecule has 0 saturated heterocycles. The van der Waals surface area contributed by atoms with E-state index in [1.165, 1.54) is 33.7 Å². The van der Waals surface area contributed by atoms with Gasteiger partial charge in [-0.1, -0.05) is 51.9 Å². The molecule has 0 bridgehead atoms. The molecule has 0 heterocycles. The molecular formula is C13H10N2O4S2. The zero-order valence-electron chi connectivity index (χ0n) is 10.7. The van der Waals surface area contributed by atoms with E-state index in [0.717, 1.165) is 11.6 Å². The van der Waals surface area contributed by atoms with E-state index in [1.807, 2.05) is 30.3 Å². The highest BCUT2D eigenvalue weighted by molar-refractivity contribution is 8.76. The molecule has 2 rings (SSSR count). The smallest absolute Gasteiger partial charge is 0.258 e. The van der Waals surface area contributed by atoms with Gasteiger partial charge in [0.15, 0.2) is 0 Å². The fraction of sp³-hybridized carbons (Fsp3) is 0.0769. The Balaban J connectivity index is 2.09. The van der Waals surface area contributed by atoms with Crippen LogP contribution in [0.2, 0.25) is 0 Å². The van der Waals surface area contributed by atoms with Gasteiger partial charge in [0.2, 0.25) is 0 Å². The molecule has 0 amide bonds. The summed E-state index contributed by atoms with van der Waals surface area (Å²) < 4.78 is 0. The van der Waals surface area contributed by atoms with Crippen molar-refractivity contribution in [3.05, 3.63) is 74.3 Å². The van der Waals surface area contributed by atoms with E-state index in [-0.39, 0.29) is 11.4 Å². The Morgan fingerprint density at radius 1 is 0.952 bits per heavy atom. The fourth-order valence-electron chi connectivity index (χ4n) is 1.57. The Morgan fingerprint density at radius 2 is 1.67 bits per heavy atom. The topological polar surface area (TPSA) is 86.3 Å². The number of nitro groups is 2. The summed E-state index contributed by atoms with van der Waals surface area (Å²) in [6.07, 6.45) is 0. The molecule has 108 valence electrons. The summed E-state index contributed by atoms with van der Waals surface area (Å²) in [6.45, 7) is 0. The first-order chi connectivity index (χ1) is 10.1. The number of hydrogen-bond acceptors (Lipinski definition) is 6. The summed E-state index contributed by atoms with van der Waals surface area (Å²) in [4.78, 5) is 20.8. The quantitative estimate of drug-likeness (QED) is 0.444. The molecule has 0 radical (unpaired) electrons. The van der Waals surface area contributed by atoms with Crippen molar-refractivity contribution in [2.75, 3.05) is 0 Å². The molecule has 0 aliphatic carbocycles. The fourth-order valence-corrected chi connectivity index (χ4v) is 3.81. The van der Waals surface area contributed by atoms with Crippen molar-refractivity contribution >= 4 is 33.0 Å². The Morgan fingerprint density at radius 3 is 2.29 bits per heavy atom. The molecule has 0 N–H and O–H groups in total.